The first-order valence-corrected chi connectivity index (χ1v) is 7.26. The molecule has 0 radical (unpaired) electrons. The predicted molar refractivity (Wildman–Crippen MR) is 84.6 cm³/mol. The van der Waals surface area contributed by atoms with Crippen LogP contribution in [0.4, 0.5) is 0 Å². The summed E-state index contributed by atoms with van der Waals surface area (Å²) in [6, 6.07) is 9.08. The van der Waals surface area contributed by atoms with Crippen LogP contribution in [0.25, 0.3) is 0 Å². The van der Waals surface area contributed by atoms with E-state index in [9.17, 15) is 4.79 Å². The van der Waals surface area contributed by atoms with Gasteiger partial charge in [0.15, 0.2) is 0 Å². The van der Waals surface area contributed by atoms with Crippen molar-refractivity contribution >= 4 is 17.4 Å². The molecule has 0 saturated carbocycles. The Morgan fingerprint density at radius 2 is 1.95 bits per heavy atom. The van der Waals surface area contributed by atoms with E-state index in [0.717, 1.165) is 17.5 Å². The zero-order valence-electron chi connectivity index (χ0n) is 12.4. The predicted octanol–water partition coefficient (Wildman–Crippen LogP) is 4.86. The van der Waals surface area contributed by atoms with Gasteiger partial charge in [-0.2, -0.15) is 0 Å². The average molecular weight is 290 g/mol. The molecule has 0 atom stereocenters. The lowest BCUT2D eigenvalue weighted by Gasteiger charge is -2.08. The number of aryl methyl sites for hydroxylation is 2. The number of rotatable bonds is 3. The second kappa shape index (κ2) is 7.81. The van der Waals surface area contributed by atoms with E-state index in [2.05, 4.69) is 4.98 Å². The Hall–Kier alpha value is -1.67. The third-order valence-electron chi connectivity index (χ3n) is 2.92. The molecule has 3 heteroatoms. The highest BCUT2D eigenvalue weighted by Crippen LogP contribution is 2.20. The maximum absolute atomic E-state index is 12.5. The molecule has 0 N–H and O–H groups in total. The average Bonchev–Trinajstić information content (AvgIpc) is 2.49. The molecule has 20 heavy (non-hydrogen) atoms. The van der Waals surface area contributed by atoms with Crippen molar-refractivity contribution in [3.8, 4) is 0 Å². The summed E-state index contributed by atoms with van der Waals surface area (Å²) >= 11 is 5.95. The summed E-state index contributed by atoms with van der Waals surface area (Å²) in [5.74, 6) is -0.0402. The fourth-order valence-corrected chi connectivity index (χ4v) is 2.12. The molecule has 1 heterocycles. The number of nitrogens with zero attached hydrogens (tertiary/aromatic N) is 1. The van der Waals surface area contributed by atoms with E-state index < -0.39 is 0 Å². The largest absolute Gasteiger partial charge is 0.287 e. The van der Waals surface area contributed by atoms with Gasteiger partial charge in [0.2, 0.25) is 5.78 Å². The number of hydrogen-bond donors (Lipinski definition) is 0. The maximum atomic E-state index is 12.5. The van der Waals surface area contributed by atoms with Crippen LogP contribution in [0.5, 0.6) is 0 Å². The van der Waals surface area contributed by atoms with Gasteiger partial charge in [-0.25, -0.2) is 0 Å². The number of pyridine rings is 1. The van der Waals surface area contributed by atoms with Gasteiger partial charge < -0.3 is 0 Å². The molecule has 0 amide bonds. The summed E-state index contributed by atoms with van der Waals surface area (Å²) in [4.78, 5) is 16.6. The summed E-state index contributed by atoms with van der Waals surface area (Å²) in [7, 11) is 0. The van der Waals surface area contributed by atoms with E-state index in [4.69, 9.17) is 11.6 Å². The molecule has 0 spiro atoms. The van der Waals surface area contributed by atoms with Crippen LogP contribution in [0.3, 0.4) is 0 Å². The Balaban J connectivity index is 0.000000956. The molecule has 0 bridgehead atoms. The Morgan fingerprint density at radius 1 is 1.25 bits per heavy atom. The standard InChI is InChI=1S/C15H14ClNO.C2H6/c1-3-11-9-12(16)6-7-13(11)15(18)14-10(2)5-4-8-17-14;1-2/h4-9H,3H2,1-2H3;1-2H3. The summed E-state index contributed by atoms with van der Waals surface area (Å²) in [5, 5.41) is 0.654. The number of carbonyl (C=O) groups is 1. The van der Waals surface area contributed by atoms with Gasteiger partial charge in [-0.3, -0.25) is 9.78 Å². The third kappa shape index (κ3) is 3.67. The molecule has 2 aromatic rings. The van der Waals surface area contributed by atoms with Crippen LogP contribution in [-0.2, 0) is 6.42 Å². The van der Waals surface area contributed by atoms with Crippen LogP contribution >= 0.6 is 11.6 Å². The Labute approximate surface area is 125 Å². The third-order valence-corrected chi connectivity index (χ3v) is 3.15. The maximum Gasteiger partial charge on any atom is 0.211 e. The van der Waals surface area contributed by atoms with Crippen molar-refractivity contribution < 1.29 is 4.79 Å². The topological polar surface area (TPSA) is 30.0 Å². The van der Waals surface area contributed by atoms with Crippen LogP contribution in [0, 0.1) is 6.92 Å². The van der Waals surface area contributed by atoms with Crippen LogP contribution < -0.4 is 0 Å². The van der Waals surface area contributed by atoms with Gasteiger partial charge in [-0.1, -0.05) is 38.4 Å². The van der Waals surface area contributed by atoms with Crippen molar-refractivity contribution in [3.63, 3.8) is 0 Å². The highest BCUT2D eigenvalue weighted by atomic mass is 35.5. The zero-order valence-corrected chi connectivity index (χ0v) is 13.2. The lowest BCUT2D eigenvalue weighted by Crippen LogP contribution is -2.09. The zero-order chi connectivity index (χ0) is 15.1. The van der Waals surface area contributed by atoms with Crippen molar-refractivity contribution in [2.45, 2.75) is 34.1 Å². The van der Waals surface area contributed by atoms with Crippen molar-refractivity contribution in [2.24, 2.45) is 0 Å². The molecule has 0 unspecified atom stereocenters. The molecule has 2 nitrogen and oxygen atoms in total. The van der Waals surface area contributed by atoms with E-state index in [1.54, 1.807) is 18.3 Å². The van der Waals surface area contributed by atoms with Gasteiger partial charge in [-0.15, -0.1) is 0 Å². The number of carbonyl (C=O) groups excluding carboxylic acids is 1. The monoisotopic (exact) mass is 289 g/mol. The molecular formula is C17H20ClNO. The van der Waals surface area contributed by atoms with Crippen LogP contribution in [0.1, 0.15) is 48.0 Å². The van der Waals surface area contributed by atoms with E-state index >= 15 is 0 Å². The SMILES string of the molecule is CC.CCc1cc(Cl)ccc1C(=O)c1ncccc1C. The fraction of sp³-hybridized carbons (Fsp3) is 0.294. The molecule has 0 fully saturated rings. The second-order valence-electron chi connectivity index (χ2n) is 4.15. The van der Waals surface area contributed by atoms with E-state index in [1.807, 2.05) is 45.9 Å². The molecular weight excluding hydrogens is 270 g/mol. The molecule has 0 aliphatic carbocycles. The first-order valence-electron chi connectivity index (χ1n) is 6.88. The van der Waals surface area contributed by atoms with Gasteiger partial charge in [0.05, 0.1) is 0 Å². The number of benzene rings is 1. The van der Waals surface area contributed by atoms with Crippen molar-refractivity contribution in [1.82, 2.24) is 4.98 Å². The van der Waals surface area contributed by atoms with E-state index in [0.29, 0.717) is 16.3 Å². The van der Waals surface area contributed by atoms with Gasteiger partial charge in [0, 0.05) is 16.8 Å². The van der Waals surface area contributed by atoms with Gasteiger partial charge in [0.1, 0.15) is 5.69 Å². The summed E-state index contributed by atoms with van der Waals surface area (Å²) < 4.78 is 0. The Morgan fingerprint density at radius 3 is 2.55 bits per heavy atom. The molecule has 2 rings (SSSR count). The molecule has 1 aromatic carbocycles. The fourth-order valence-electron chi connectivity index (χ4n) is 1.93. The van der Waals surface area contributed by atoms with E-state index in [-0.39, 0.29) is 5.78 Å². The summed E-state index contributed by atoms with van der Waals surface area (Å²) in [6.45, 7) is 7.90. The minimum Gasteiger partial charge on any atom is -0.287 e. The minimum atomic E-state index is -0.0402. The number of hydrogen-bond acceptors (Lipinski definition) is 2. The number of aromatic nitrogens is 1. The van der Waals surface area contributed by atoms with Crippen LogP contribution in [0.2, 0.25) is 5.02 Å². The molecule has 0 saturated heterocycles. The Bertz CT molecular complexity index is 593. The molecule has 0 aliphatic rings. The van der Waals surface area contributed by atoms with Crippen molar-refractivity contribution in [1.29, 1.82) is 0 Å². The van der Waals surface area contributed by atoms with E-state index in [1.165, 1.54) is 0 Å². The highest BCUT2D eigenvalue weighted by molar-refractivity contribution is 6.30. The Kier molecular flexibility index (Phi) is 6.40. The molecule has 0 aliphatic heterocycles. The molecule has 106 valence electrons. The summed E-state index contributed by atoms with van der Waals surface area (Å²) in [5.41, 5.74) is 3.04. The normalized spacial score (nSPS) is 9.65. The number of halogens is 1. The van der Waals surface area contributed by atoms with Gasteiger partial charge in [0.25, 0.3) is 0 Å². The lowest BCUT2D eigenvalue weighted by molar-refractivity contribution is 0.103. The van der Waals surface area contributed by atoms with Crippen LogP contribution in [0.15, 0.2) is 36.5 Å². The smallest absolute Gasteiger partial charge is 0.211 e. The van der Waals surface area contributed by atoms with Crippen LogP contribution in [-0.4, -0.2) is 10.8 Å². The highest BCUT2D eigenvalue weighted by Gasteiger charge is 2.16. The van der Waals surface area contributed by atoms with Gasteiger partial charge >= 0.3 is 0 Å². The van der Waals surface area contributed by atoms with Crippen molar-refractivity contribution in [2.75, 3.05) is 0 Å². The quantitative estimate of drug-likeness (QED) is 0.755. The lowest BCUT2D eigenvalue weighted by atomic mass is 9.98. The minimum absolute atomic E-state index is 0.0402. The second-order valence-corrected chi connectivity index (χ2v) is 4.59. The van der Waals surface area contributed by atoms with Gasteiger partial charge in [-0.05, 0) is 48.7 Å². The number of ketones is 1. The molecule has 1 aromatic heterocycles. The van der Waals surface area contributed by atoms with Crippen molar-refractivity contribution in [3.05, 3.63) is 63.9 Å². The first kappa shape index (κ1) is 16.4. The first-order chi connectivity index (χ1) is 9.63. The summed E-state index contributed by atoms with van der Waals surface area (Å²) in [6.07, 6.45) is 2.41.